The number of hydrogen-bond donors (Lipinski definition) is 3. The van der Waals surface area contributed by atoms with Crippen molar-refractivity contribution >= 4 is 35.0 Å². The molecule has 4 rings (SSSR count). The van der Waals surface area contributed by atoms with Gasteiger partial charge in [-0.25, -0.2) is 4.79 Å². The molecule has 15 atom stereocenters. The molecule has 16 heteroatoms. The number of allylic oxidation sites excluding steroid dienone is 4. The predicted molar refractivity (Wildman–Crippen MR) is 256 cm³/mol. The molecular formula is C53H83NO15. The second-order valence-electron chi connectivity index (χ2n) is 20.4. The minimum absolute atomic E-state index is 0.0678. The fraction of sp³-hybridized carbons (Fsp3) is 0.774. The van der Waals surface area contributed by atoms with E-state index < -0.39 is 83.7 Å². The molecular weight excluding hydrogens is 891 g/mol. The zero-order valence-corrected chi connectivity index (χ0v) is 42.9. The highest BCUT2D eigenvalue weighted by Gasteiger charge is 2.53. The number of rotatable bonds is 9. The van der Waals surface area contributed by atoms with E-state index >= 15 is 0 Å². The first kappa shape index (κ1) is 58.1. The first-order valence-corrected chi connectivity index (χ1v) is 25.3. The molecule has 0 spiro atoms. The number of fused-ring (bicyclic) bond motifs is 3. The third-order valence-electron chi connectivity index (χ3n) is 15.2. The normalized spacial score (nSPS) is 38.6. The van der Waals surface area contributed by atoms with Gasteiger partial charge in [-0.1, -0.05) is 58.9 Å². The Kier molecular flexibility index (Phi) is 23.0. The van der Waals surface area contributed by atoms with Gasteiger partial charge in [0.25, 0.3) is 11.7 Å². The van der Waals surface area contributed by atoms with Crippen LogP contribution in [0, 0.1) is 35.5 Å². The number of amides is 1. The smallest absolute Gasteiger partial charge is 0.329 e. The molecule has 3 heterocycles. The average molecular weight is 974 g/mol. The van der Waals surface area contributed by atoms with Gasteiger partial charge >= 0.3 is 5.97 Å². The molecule has 0 radical (unpaired) electrons. The maximum atomic E-state index is 14.5. The van der Waals surface area contributed by atoms with Crippen LogP contribution in [0.25, 0.3) is 0 Å². The summed E-state index contributed by atoms with van der Waals surface area (Å²) in [6.45, 7) is 12.3. The van der Waals surface area contributed by atoms with Gasteiger partial charge in [0, 0.05) is 70.8 Å². The molecule has 0 aromatic carbocycles. The summed E-state index contributed by atoms with van der Waals surface area (Å²) in [5.74, 6) is -9.06. The first-order valence-electron chi connectivity index (χ1n) is 25.3. The van der Waals surface area contributed by atoms with Gasteiger partial charge in [0.2, 0.25) is 5.79 Å². The third kappa shape index (κ3) is 15.5. The molecule has 16 nitrogen and oxygen atoms in total. The van der Waals surface area contributed by atoms with Gasteiger partial charge in [0.05, 0.1) is 37.6 Å². The van der Waals surface area contributed by atoms with E-state index in [0.29, 0.717) is 50.5 Å². The number of carbonyl (C=O) groups is 6. The Labute approximate surface area is 409 Å². The lowest BCUT2D eigenvalue weighted by atomic mass is 9.78. The zero-order chi connectivity index (χ0) is 51.2. The van der Waals surface area contributed by atoms with Gasteiger partial charge in [-0.2, -0.15) is 0 Å². The van der Waals surface area contributed by atoms with Crippen molar-refractivity contribution < 1.29 is 72.5 Å². The molecule has 3 N–H and O–H groups in total. The van der Waals surface area contributed by atoms with Crippen LogP contribution in [-0.2, 0) is 57.2 Å². The van der Waals surface area contributed by atoms with E-state index in [1.54, 1.807) is 60.0 Å². The lowest BCUT2D eigenvalue weighted by Crippen LogP contribution is -2.61. The maximum Gasteiger partial charge on any atom is 0.329 e. The molecule has 3 aliphatic heterocycles. The number of Topliss-reactive ketones (excluding diaryl/α,β-unsaturated/α-hetero) is 4. The fourth-order valence-corrected chi connectivity index (χ4v) is 10.6. The SMILES string of the molecule is CO[C@H]1C[C@@H]2CC[C@@H](C)[C@@](O)(O2)C(=O)C(=O)N2CCCC[C@H]2C(=O)O[C@H]([C@H](C)C[C@H]2CC[C@@H](OCCO)[C@H](OC)C2)CC(=O)[C@H](C)/C=C(\C)[C@@H](O)[C@@H](OC)C(=O)[C@H](C)C[C@H](C)C(=O)C/C=C/C=C/1C. The van der Waals surface area contributed by atoms with Crippen LogP contribution in [0.2, 0.25) is 0 Å². The van der Waals surface area contributed by atoms with Gasteiger partial charge in [0.1, 0.15) is 35.9 Å². The predicted octanol–water partition coefficient (Wildman–Crippen LogP) is 5.60. The van der Waals surface area contributed by atoms with Gasteiger partial charge in [0.15, 0.2) is 5.78 Å². The molecule has 0 unspecified atom stereocenters. The fourth-order valence-electron chi connectivity index (χ4n) is 10.6. The molecule has 69 heavy (non-hydrogen) atoms. The molecule has 1 aliphatic carbocycles. The molecule has 2 saturated heterocycles. The maximum absolute atomic E-state index is 14.5. The lowest BCUT2D eigenvalue weighted by molar-refractivity contribution is -0.265. The van der Waals surface area contributed by atoms with E-state index in [9.17, 15) is 44.1 Å². The number of piperidine rings is 1. The van der Waals surface area contributed by atoms with Crippen LogP contribution in [0.4, 0.5) is 0 Å². The number of cyclic esters (lactones) is 1. The van der Waals surface area contributed by atoms with Crippen molar-refractivity contribution in [2.75, 3.05) is 41.1 Å². The zero-order valence-electron chi connectivity index (χ0n) is 42.9. The minimum Gasteiger partial charge on any atom is -0.460 e. The van der Waals surface area contributed by atoms with E-state index in [4.69, 9.17) is 28.4 Å². The van der Waals surface area contributed by atoms with Crippen LogP contribution in [0.5, 0.6) is 0 Å². The number of ketones is 4. The summed E-state index contributed by atoms with van der Waals surface area (Å²) in [5.41, 5.74) is 1.13. The van der Waals surface area contributed by atoms with Crippen molar-refractivity contribution in [3.63, 3.8) is 0 Å². The molecule has 0 aromatic rings. The highest BCUT2D eigenvalue weighted by atomic mass is 16.6. The molecule has 3 fully saturated rings. The van der Waals surface area contributed by atoms with Crippen molar-refractivity contribution in [1.29, 1.82) is 0 Å². The monoisotopic (exact) mass is 974 g/mol. The van der Waals surface area contributed by atoms with Crippen molar-refractivity contribution in [2.24, 2.45) is 35.5 Å². The number of aliphatic hydroxyl groups excluding tert-OH is 2. The van der Waals surface area contributed by atoms with E-state index in [2.05, 4.69) is 0 Å². The highest BCUT2D eigenvalue weighted by Crippen LogP contribution is 2.38. The topological polar surface area (TPSA) is 222 Å². The van der Waals surface area contributed by atoms with Crippen LogP contribution in [0.1, 0.15) is 132 Å². The molecule has 0 aromatic heterocycles. The summed E-state index contributed by atoms with van der Waals surface area (Å²) >= 11 is 0. The van der Waals surface area contributed by atoms with Crippen molar-refractivity contribution in [2.45, 2.75) is 186 Å². The molecule has 4 aliphatic rings. The summed E-state index contributed by atoms with van der Waals surface area (Å²) < 4.78 is 35.4. The third-order valence-corrected chi connectivity index (χ3v) is 15.2. The Hall–Kier alpha value is -3.48. The van der Waals surface area contributed by atoms with Crippen LogP contribution in [0.3, 0.4) is 0 Å². The van der Waals surface area contributed by atoms with Gasteiger partial charge < -0.3 is 48.6 Å². The molecule has 1 amide bonds. The van der Waals surface area contributed by atoms with E-state index in [1.807, 2.05) is 19.9 Å². The first-order chi connectivity index (χ1) is 32.7. The lowest BCUT2D eigenvalue weighted by Gasteiger charge is -2.42. The average Bonchev–Trinajstić information content (AvgIpc) is 3.33. The second kappa shape index (κ2) is 27.4. The van der Waals surface area contributed by atoms with E-state index in [-0.39, 0.29) is 93.3 Å². The Morgan fingerprint density at radius 2 is 1.57 bits per heavy atom. The summed E-state index contributed by atoms with van der Waals surface area (Å²) in [4.78, 5) is 85.4. The molecule has 2 bridgehead atoms. The number of aliphatic hydroxyl groups is 3. The number of esters is 1. The highest BCUT2D eigenvalue weighted by molar-refractivity contribution is 6.39. The number of hydrogen-bond acceptors (Lipinski definition) is 15. The van der Waals surface area contributed by atoms with Crippen LogP contribution in [0.15, 0.2) is 35.5 Å². The summed E-state index contributed by atoms with van der Waals surface area (Å²) in [6, 6.07) is -1.16. The standard InChI is InChI=1S/C53H83NO15/c1-31-15-11-12-17-41(56)32(2)25-35(5)47(58)49(66-10)48(59)36(6)26-33(3)42(57)30-45(34(4)27-38-19-21-43(67-24-23-55)46(28-38)65-9)68-52(62)40-16-13-14-22-54(40)51(61)50(60)53(63)37(7)18-20-39(69-53)29-44(31)64-8/h11-12,15,26,32-35,37-40,43-46,48-49,55,59,63H,13-14,16-25,27-30H2,1-10H3/b12-11+,31-15+,36-26+/t32-,33+,34+,35+,37+,38+,39-,40-,43+,44-,45-,46+,48+,49-,53+/m0/s1. The number of carbonyl (C=O) groups excluding carboxylic acids is 6. The number of nitrogens with zero attached hydrogens (tertiary/aromatic N) is 1. The molecule has 390 valence electrons. The number of methoxy groups -OCH3 is 3. The number of ether oxygens (including phenoxy) is 6. The van der Waals surface area contributed by atoms with Gasteiger partial charge in [-0.05, 0) is 101 Å². The Balaban J connectivity index is 1.70. The summed E-state index contributed by atoms with van der Waals surface area (Å²) in [5, 5.41) is 32.8. The summed E-state index contributed by atoms with van der Waals surface area (Å²) in [7, 11) is 4.49. The van der Waals surface area contributed by atoms with E-state index in [1.165, 1.54) is 19.1 Å². The Morgan fingerprint density at radius 1 is 0.841 bits per heavy atom. The Morgan fingerprint density at radius 3 is 2.23 bits per heavy atom. The van der Waals surface area contributed by atoms with Crippen molar-refractivity contribution in [3.05, 3.63) is 35.5 Å². The van der Waals surface area contributed by atoms with Crippen molar-refractivity contribution in [1.82, 2.24) is 4.90 Å². The minimum atomic E-state index is -2.47. The van der Waals surface area contributed by atoms with Crippen LogP contribution < -0.4 is 0 Å². The Bertz CT molecular complexity index is 1850. The summed E-state index contributed by atoms with van der Waals surface area (Å²) in [6.07, 6.45) is 6.94. The second-order valence-corrected chi connectivity index (χ2v) is 20.4. The van der Waals surface area contributed by atoms with Crippen LogP contribution >= 0.6 is 0 Å². The van der Waals surface area contributed by atoms with Gasteiger partial charge in [-0.3, -0.25) is 24.0 Å². The van der Waals surface area contributed by atoms with E-state index in [0.717, 1.165) is 12.0 Å². The largest absolute Gasteiger partial charge is 0.460 e. The van der Waals surface area contributed by atoms with Crippen LogP contribution in [-0.4, -0.2) is 151 Å². The quantitative estimate of drug-likeness (QED) is 0.145. The molecule has 1 saturated carbocycles. The van der Waals surface area contributed by atoms with Gasteiger partial charge in [-0.15, -0.1) is 0 Å². The van der Waals surface area contributed by atoms with Crippen molar-refractivity contribution in [3.8, 4) is 0 Å².